The van der Waals surface area contributed by atoms with Gasteiger partial charge < -0.3 is 9.84 Å². The standard InChI is InChI=1S/C14H15BrO2S/c1-8-6-10(7-9(2)13(8)17-3)12(16)14-11(15)4-5-18-14/h4-7,12,16H,1-3H3. The van der Waals surface area contributed by atoms with Gasteiger partial charge in [0, 0.05) is 4.47 Å². The number of ether oxygens (including phenoxy) is 1. The molecule has 1 heterocycles. The molecule has 0 amide bonds. The highest BCUT2D eigenvalue weighted by Gasteiger charge is 2.17. The van der Waals surface area contributed by atoms with Crippen molar-refractivity contribution in [2.75, 3.05) is 7.11 Å². The van der Waals surface area contributed by atoms with Gasteiger partial charge in [-0.15, -0.1) is 11.3 Å². The minimum atomic E-state index is -0.595. The van der Waals surface area contributed by atoms with Gasteiger partial charge in [0.15, 0.2) is 0 Å². The normalized spacial score (nSPS) is 12.5. The summed E-state index contributed by atoms with van der Waals surface area (Å²) in [6.07, 6.45) is -0.595. The first-order chi connectivity index (χ1) is 8.54. The number of benzene rings is 1. The minimum absolute atomic E-state index is 0.595. The maximum Gasteiger partial charge on any atom is 0.124 e. The number of methoxy groups -OCH3 is 1. The molecule has 0 radical (unpaired) electrons. The molecule has 1 unspecified atom stereocenters. The molecule has 1 atom stereocenters. The van der Waals surface area contributed by atoms with Crippen LogP contribution in [0.5, 0.6) is 5.75 Å². The van der Waals surface area contributed by atoms with Gasteiger partial charge in [0.1, 0.15) is 11.9 Å². The summed E-state index contributed by atoms with van der Waals surface area (Å²) in [5, 5.41) is 12.4. The first-order valence-corrected chi connectivity index (χ1v) is 7.28. The zero-order valence-electron chi connectivity index (χ0n) is 10.5. The van der Waals surface area contributed by atoms with Crippen molar-refractivity contribution < 1.29 is 9.84 Å². The van der Waals surface area contributed by atoms with Gasteiger partial charge in [-0.3, -0.25) is 0 Å². The van der Waals surface area contributed by atoms with Crippen LogP contribution in [0.1, 0.15) is 27.7 Å². The van der Waals surface area contributed by atoms with E-state index in [0.717, 1.165) is 31.8 Å². The summed E-state index contributed by atoms with van der Waals surface area (Å²) in [5.74, 6) is 0.885. The van der Waals surface area contributed by atoms with Crippen molar-refractivity contribution in [3.05, 3.63) is 49.6 Å². The summed E-state index contributed by atoms with van der Waals surface area (Å²) >= 11 is 5.00. The molecule has 96 valence electrons. The fourth-order valence-electron chi connectivity index (χ4n) is 2.12. The first-order valence-electron chi connectivity index (χ1n) is 5.60. The molecular weight excluding hydrogens is 312 g/mol. The van der Waals surface area contributed by atoms with Gasteiger partial charge in [-0.25, -0.2) is 0 Å². The van der Waals surface area contributed by atoms with Crippen molar-refractivity contribution in [1.82, 2.24) is 0 Å². The lowest BCUT2D eigenvalue weighted by atomic mass is 10.0. The molecule has 0 saturated carbocycles. The quantitative estimate of drug-likeness (QED) is 0.915. The maximum absolute atomic E-state index is 10.4. The summed E-state index contributed by atoms with van der Waals surface area (Å²) in [6.45, 7) is 3.98. The van der Waals surface area contributed by atoms with E-state index in [-0.39, 0.29) is 0 Å². The van der Waals surface area contributed by atoms with Gasteiger partial charge in [-0.2, -0.15) is 0 Å². The van der Waals surface area contributed by atoms with Crippen LogP contribution in [0.15, 0.2) is 28.1 Å². The van der Waals surface area contributed by atoms with Crippen molar-refractivity contribution >= 4 is 27.3 Å². The molecule has 1 aromatic heterocycles. The molecular formula is C14H15BrO2S. The number of aryl methyl sites for hydroxylation is 2. The summed E-state index contributed by atoms with van der Waals surface area (Å²) in [4.78, 5) is 0.930. The molecule has 0 spiro atoms. The molecule has 1 N–H and O–H groups in total. The molecule has 2 rings (SSSR count). The molecule has 0 aliphatic heterocycles. The van der Waals surface area contributed by atoms with E-state index < -0.39 is 6.10 Å². The van der Waals surface area contributed by atoms with E-state index in [0.29, 0.717) is 0 Å². The van der Waals surface area contributed by atoms with Crippen molar-refractivity contribution in [3.63, 3.8) is 0 Å². The Balaban J connectivity index is 2.43. The van der Waals surface area contributed by atoms with Crippen molar-refractivity contribution in [3.8, 4) is 5.75 Å². The lowest BCUT2D eigenvalue weighted by Crippen LogP contribution is -2.01. The SMILES string of the molecule is COc1c(C)cc(C(O)c2sccc2Br)cc1C. The monoisotopic (exact) mass is 326 g/mol. The van der Waals surface area contributed by atoms with Crippen LogP contribution in [0.25, 0.3) is 0 Å². The average Bonchev–Trinajstić information content (AvgIpc) is 2.74. The molecule has 0 aliphatic carbocycles. The zero-order valence-corrected chi connectivity index (χ0v) is 12.9. The number of hydrogen-bond donors (Lipinski definition) is 1. The Kier molecular flexibility index (Phi) is 4.10. The highest BCUT2D eigenvalue weighted by molar-refractivity contribution is 9.10. The lowest BCUT2D eigenvalue weighted by molar-refractivity contribution is 0.223. The van der Waals surface area contributed by atoms with E-state index in [1.165, 1.54) is 0 Å². The van der Waals surface area contributed by atoms with Gasteiger partial charge in [0.2, 0.25) is 0 Å². The first kappa shape index (κ1) is 13.6. The van der Waals surface area contributed by atoms with Crippen LogP contribution < -0.4 is 4.74 Å². The largest absolute Gasteiger partial charge is 0.496 e. The second-order valence-electron chi connectivity index (χ2n) is 4.22. The van der Waals surface area contributed by atoms with Crippen LogP contribution in [0, 0.1) is 13.8 Å². The highest BCUT2D eigenvalue weighted by Crippen LogP contribution is 2.35. The van der Waals surface area contributed by atoms with E-state index in [1.807, 2.05) is 37.4 Å². The Labute approximate surface area is 119 Å². The number of rotatable bonds is 3. The molecule has 18 heavy (non-hydrogen) atoms. The third kappa shape index (κ3) is 2.46. The summed E-state index contributed by atoms with van der Waals surface area (Å²) in [7, 11) is 1.67. The predicted molar refractivity (Wildman–Crippen MR) is 78.5 cm³/mol. The van der Waals surface area contributed by atoms with Crippen molar-refractivity contribution in [2.45, 2.75) is 20.0 Å². The summed E-state index contributed by atoms with van der Waals surface area (Å²) < 4.78 is 6.29. The molecule has 0 aliphatic rings. The molecule has 0 saturated heterocycles. The smallest absolute Gasteiger partial charge is 0.124 e. The number of hydrogen-bond acceptors (Lipinski definition) is 3. The lowest BCUT2D eigenvalue weighted by Gasteiger charge is -2.15. The fourth-order valence-corrected chi connectivity index (χ4v) is 3.72. The van der Waals surface area contributed by atoms with Crippen LogP contribution >= 0.6 is 27.3 Å². The molecule has 0 fully saturated rings. The highest BCUT2D eigenvalue weighted by atomic mass is 79.9. The Morgan fingerprint density at radius 3 is 2.33 bits per heavy atom. The van der Waals surface area contributed by atoms with E-state index in [1.54, 1.807) is 18.4 Å². The Morgan fingerprint density at radius 1 is 1.28 bits per heavy atom. The molecule has 0 bridgehead atoms. The Morgan fingerprint density at radius 2 is 1.89 bits per heavy atom. The summed E-state index contributed by atoms with van der Waals surface area (Å²) in [6, 6.07) is 5.90. The zero-order chi connectivity index (χ0) is 13.3. The van der Waals surface area contributed by atoms with E-state index >= 15 is 0 Å². The second kappa shape index (κ2) is 5.43. The number of aliphatic hydroxyl groups excluding tert-OH is 1. The van der Waals surface area contributed by atoms with Gasteiger partial charge in [-0.05, 0) is 70.0 Å². The molecule has 4 heteroatoms. The maximum atomic E-state index is 10.4. The number of aliphatic hydroxyl groups is 1. The fraction of sp³-hybridized carbons (Fsp3) is 0.286. The topological polar surface area (TPSA) is 29.5 Å². The third-order valence-electron chi connectivity index (χ3n) is 2.90. The van der Waals surface area contributed by atoms with Crippen LogP contribution in [-0.2, 0) is 0 Å². The van der Waals surface area contributed by atoms with Crippen molar-refractivity contribution in [1.29, 1.82) is 0 Å². The Bertz CT molecular complexity index is 540. The minimum Gasteiger partial charge on any atom is -0.496 e. The van der Waals surface area contributed by atoms with Crippen LogP contribution in [-0.4, -0.2) is 12.2 Å². The van der Waals surface area contributed by atoms with E-state index in [9.17, 15) is 5.11 Å². The molecule has 2 aromatic rings. The predicted octanol–water partition coefficient (Wildman–Crippen LogP) is 4.22. The Hall–Kier alpha value is -0.840. The van der Waals surface area contributed by atoms with Crippen molar-refractivity contribution in [2.24, 2.45) is 0 Å². The van der Waals surface area contributed by atoms with Crippen LogP contribution in [0.3, 0.4) is 0 Å². The van der Waals surface area contributed by atoms with E-state index in [4.69, 9.17) is 4.74 Å². The van der Waals surface area contributed by atoms with Crippen LogP contribution in [0.4, 0.5) is 0 Å². The van der Waals surface area contributed by atoms with Gasteiger partial charge in [-0.1, -0.05) is 0 Å². The van der Waals surface area contributed by atoms with Gasteiger partial charge in [0.05, 0.1) is 12.0 Å². The third-order valence-corrected chi connectivity index (χ3v) is 4.82. The van der Waals surface area contributed by atoms with Gasteiger partial charge in [0.25, 0.3) is 0 Å². The summed E-state index contributed by atoms with van der Waals surface area (Å²) in [5.41, 5.74) is 2.98. The number of thiophene rings is 1. The number of halogens is 1. The molecule has 2 nitrogen and oxygen atoms in total. The van der Waals surface area contributed by atoms with E-state index in [2.05, 4.69) is 15.9 Å². The van der Waals surface area contributed by atoms with Crippen LogP contribution in [0.2, 0.25) is 0 Å². The second-order valence-corrected chi connectivity index (χ2v) is 6.03. The average molecular weight is 327 g/mol. The molecule has 1 aromatic carbocycles. The van der Waals surface area contributed by atoms with Gasteiger partial charge >= 0.3 is 0 Å².